The first kappa shape index (κ1) is 20.5. The average Bonchev–Trinajstić information content (AvgIpc) is 2.43. The van der Waals surface area contributed by atoms with Crippen LogP contribution in [0.4, 0.5) is 0 Å². The Balaban J connectivity index is 2.49. The van der Waals surface area contributed by atoms with Crippen LogP contribution in [-0.2, 0) is 14.3 Å². The summed E-state index contributed by atoms with van der Waals surface area (Å²) in [5.74, 6) is -1.41. The number of benzene rings is 1. The smallest absolute Gasteiger partial charge is 0.326 e. The lowest BCUT2D eigenvalue weighted by atomic mass is 10.2. The molecule has 0 fully saturated rings. The summed E-state index contributed by atoms with van der Waals surface area (Å²) in [7, 11) is 0. The molecule has 1 rings (SSSR count). The molecular formula is C16H21Cl2NO5. The van der Waals surface area contributed by atoms with E-state index in [1.807, 2.05) is 20.8 Å². The molecule has 0 saturated heterocycles. The first-order valence-corrected chi connectivity index (χ1v) is 8.08. The molecule has 1 aromatic carbocycles. The first-order valence-electron chi connectivity index (χ1n) is 7.32. The van der Waals surface area contributed by atoms with Gasteiger partial charge in [0.25, 0.3) is 5.91 Å². The van der Waals surface area contributed by atoms with Gasteiger partial charge in [-0.25, -0.2) is 4.79 Å². The lowest BCUT2D eigenvalue weighted by molar-refractivity contribution is -0.143. The number of carbonyl (C=O) groups is 2. The van der Waals surface area contributed by atoms with Crippen molar-refractivity contribution < 1.29 is 24.2 Å². The first-order chi connectivity index (χ1) is 11.1. The van der Waals surface area contributed by atoms with E-state index in [9.17, 15) is 9.59 Å². The van der Waals surface area contributed by atoms with Gasteiger partial charge >= 0.3 is 5.97 Å². The van der Waals surface area contributed by atoms with Crippen LogP contribution >= 0.6 is 23.2 Å². The van der Waals surface area contributed by atoms with E-state index in [0.29, 0.717) is 10.8 Å². The van der Waals surface area contributed by atoms with Gasteiger partial charge in [-0.15, -0.1) is 0 Å². The lowest BCUT2D eigenvalue weighted by Gasteiger charge is -2.21. The Hall–Kier alpha value is -1.50. The molecular weight excluding hydrogens is 357 g/mol. The van der Waals surface area contributed by atoms with E-state index in [1.165, 1.54) is 12.1 Å². The minimum Gasteiger partial charge on any atom is -0.482 e. The van der Waals surface area contributed by atoms with Crippen LogP contribution in [0.5, 0.6) is 5.75 Å². The van der Waals surface area contributed by atoms with Crippen molar-refractivity contribution in [2.45, 2.75) is 38.8 Å². The maximum absolute atomic E-state index is 11.9. The summed E-state index contributed by atoms with van der Waals surface area (Å²) in [6.45, 7) is 5.46. The van der Waals surface area contributed by atoms with Gasteiger partial charge in [-0.3, -0.25) is 4.79 Å². The predicted molar refractivity (Wildman–Crippen MR) is 91.8 cm³/mol. The number of halogens is 2. The topological polar surface area (TPSA) is 84.9 Å². The molecule has 8 heteroatoms. The standard InChI is InChI=1S/C16H21Cl2NO5/c1-16(2,3)24-7-6-12(15(21)22)19-14(20)9-23-13-5-4-10(17)8-11(13)18/h4-5,8,12H,6-7,9H2,1-3H3,(H,19,20)(H,21,22). The van der Waals surface area contributed by atoms with Crippen molar-refractivity contribution in [1.29, 1.82) is 0 Å². The third-order valence-corrected chi connectivity index (χ3v) is 3.36. The van der Waals surface area contributed by atoms with E-state index in [4.69, 9.17) is 37.8 Å². The number of carbonyl (C=O) groups excluding carboxylic acids is 1. The van der Waals surface area contributed by atoms with Gasteiger partial charge < -0.3 is 19.9 Å². The van der Waals surface area contributed by atoms with Crippen molar-refractivity contribution in [3.8, 4) is 5.75 Å². The van der Waals surface area contributed by atoms with E-state index in [-0.39, 0.29) is 30.3 Å². The van der Waals surface area contributed by atoms with Gasteiger partial charge in [0, 0.05) is 18.1 Å². The normalized spacial score (nSPS) is 12.5. The van der Waals surface area contributed by atoms with Gasteiger partial charge in [0.05, 0.1) is 10.6 Å². The molecule has 0 aliphatic carbocycles. The number of carboxylic acids is 1. The SMILES string of the molecule is CC(C)(C)OCCC(NC(=O)COc1ccc(Cl)cc1Cl)C(=O)O. The Bertz CT molecular complexity index is 586. The minimum atomic E-state index is -1.13. The van der Waals surface area contributed by atoms with Gasteiger partial charge in [0.15, 0.2) is 6.61 Å². The Morgan fingerprint density at radius 2 is 1.96 bits per heavy atom. The highest BCUT2D eigenvalue weighted by Gasteiger charge is 2.21. The molecule has 1 unspecified atom stereocenters. The molecule has 1 atom stereocenters. The van der Waals surface area contributed by atoms with Gasteiger partial charge in [0.1, 0.15) is 11.8 Å². The van der Waals surface area contributed by atoms with Gasteiger partial charge in [0.2, 0.25) is 0 Å². The Morgan fingerprint density at radius 3 is 2.50 bits per heavy atom. The molecule has 0 bridgehead atoms. The number of hydrogen-bond donors (Lipinski definition) is 2. The zero-order valence-corrected chi connectivity index (χ0v) is 15.3. The Morgan fingerprint density at radius 1 is 1.29 bits per heavy atom. The van der Waals surface area contributed by atoms with Gasteiger partial charge in [-0.2, -0.15) is 0 Å². The molecule has 0 spiro atoms. The summed E-state index contributed by atoms with van der Waals surface area (Å²) in [5.41, 5.74) is -0.374. The summed E-state index contributed by atoms with van der Waals surface area (Å²) in [5, 5.41) is 12.3. The monoisotopic (exact) mass is 377 g/mol. The maximum Gasteiger partial charge on any atom is 0.326 e. The van der Waals surface area contributed by atoms with Crippen molar-refractivity contribution in [3.05, 3.63) is 28.2 Å². The fourth-order valence-corrected chi connectivity index (χ4v) is 2.17. The van der Waals surface area contributed by atoms with Crippen LogP contribution in [0.25, 0.3) is 0 Å². The summed E-state index contributed by atoms with van der Waals surface area (Å²) in [4.78, 5) is 23.1. The fraction of sp³-hybridized carbons (Fsp3) is 0.500. The molecule has 0 aliphatic heterocycles. The van der Waals surface area contributed by atoms with Crippen LogP contribution < -0.4 is 10.1 Å². The molecule has 0 saturated carbocycles. The van der Waals surface area contributed by atoms with Crippen molar-refractivity contribution in [3.63, 3.8) is 0 Å². The summed E-state index contributed by atoms with van der Waals surface area (Å²) < 4.78 is 10.7. The second-order valence-electron chi connectivity index (χ2n) is 6.07. The Labute approximate surface area is 151 Å². The van der Waals surface area contributed by atoms with Crippen LogP contribution in [0.15, 0.2) is 18.2 Å². The van der Waals surface area contributed by atoms with E-state index in [0.717, 1.165) is 0 Å². The van der Waals surface area contributed by atoms with E-state index in [1.54, 1.807) is 6.07 Å². The number of hydrogen-bond acceptors (Lipinski definition) is 4. The van der Waals surface area contributed by atoms with Crippen molar-refractivity contribution in [2.75, 3.05) is 13.2 Å². The van der Waals surface area contributed by atoms with E-state index < -0.39 is 17.9 Å². The fourth-order valence-electron chi connectivity index (χ4n) is 1.71. The van der Waals surface area contributed by atoms with E-state index in [2.05, 4.69) is 5.32 Å². The molecule has 0 heterocycles. The molecule has 6 nitrogen and oxygen atoms in total. The van der Waals surface area contributed by atoms with Crippen LogP contribution in [0.2, 0.25) is 10.0 Å². The zero-order chi connectivity index (χ0) is 18.3. The third kappa shape index (κ3) is 7.86. The second kappa shape index (κ2) is 9.11. The van der Waals surface area contributed by atoms with E-state index >= 15 is 0 Å². The minimum absolute atomic E-state index is 0.153. The molecule has 0 aromatic heterocycles. The van der Waals surface area contributed by atoms with Crippen molar-refractivity contribution in [1.82, 2.24) is 5.32 Å². The summed E-state index contributed by atoms with van der Waals surface area (Å²) in [6.07, 6.45) is 0.153. The number of aliphatic carboxylic acids is 1. The predicted octanol–water partition coefficient (Wildman–Crippen LogP) is 3.15. The average molecular weight is 378 g/mol. The highest BCUT2D eigenvalue weighted by molar-refractivity contribution is 6.35. The summed E-state index contributed by atoms with van der Waals surface area (Å²) in [6, 6.07) is 3.54. The quantitative estimate of drug-likeness (QED) is 0.726. The Kier molecular flexibility index (Phi) is 7.79. The molecule has 134 valence electrons. The van der Waals surface area contributed by atoms with Gasteiger partial charge in [-0.05, 0) is 39.0 Å². The second-order valence-corrected chi connectivity index (χ2v) is 6.91. The van der Waals surface area contributed by atoms with Crippen molar-refractivity contribution >= 4 is 35.1 Å². The number of ether oxygens (including phenoxy) is 2. The highest BCUT2D eigenvalue weighted by Crippen LogP contribution is 2.27. The molecule has 0 radical (unpaired) electrons. The zero-order valence-electron chi connectivity index (χ0n) is 13.8. The maximum atomic E-state index is 11.9. The molecule has 1 aromatic rings. The largest absolute Gasteiger partial charge is 0.482 e. The number of carboxylic acid groups (broad SMARTS) is 1. The molecule has 1 amide bonds. The molecule has 24 heavy (non-hydrogen) atoms. The third-order valence-electron chi connectivity index (χ3n) is 2.83. The number of rotatable bonds is 8. The van der Waals surface area contributed by atoms with Crippen LogP contribution in [0.1, 0.15) is 27.2 Å². The lowest BCUT2D eigenvalue weighted by Crippen LogP contribution is -2.44. The van der Waals surface area contributed by atoms with Crippen LogP contribution in [-0.4, -0.2) is 41.8 Å². The highest BCUT2D eigenvalue weighted by atomic mass is 35.5. The van der Waals surface area contributed by atoms with Crippen LogP contribution in [0.3, 0.4) is 0 Å². The van der Waals surface area contributed by atoms with Gasteiger partial charge in [-0.1, -0.05) is 23.2 Å². The summed E-state index contributed by atoms with van der Waals surface area (Å²) >= 11 is 11.7. The number of amides is 1. The van der Waals surface area contributed by atoms with Crippen molar-refractivity contribution in [2.24, 2.45) is 0 Å². The molecule has 0 aliphatic rings. The van der Waals surface area contributed by atoms with Crippen LogP contribution in [0, 0.1) is 0 Å². The molecule has 2 N–H and O–H groups in total. The number of nitrogens with one attached hydrogen (secondary N) is 1.